The van der Waals surface area contributed by atoms with Crippen molar-refractivity contribution in [3.05, 3.63) is 0 Å². The van der Waals surface area contributed by atoms with Crippen molar-refractivity contribution in [2.75, 3.05) is 19.6 Å². The second-order valence-electron chi connectivity index (χ2n) is 5.84. The summed E-state index contributed by atoms with van der Waals surface area (Å²) in [5, 5.41) is 3.48. The lowest BCUT2D eigenvalue weighted by molar-refractivity contribution is -0.159. The molecule has 0 spiro atoms. The predicted octanol–water partition coefficient (Wildman–Crippen LogP) is 1.15. The first-order valence-electron chi connectivity index (χ1n) is 7.12. The molecule has 1 N–H and O–H groups in total. The Balaban J connectivity index is 1.58. The van der Waals surface area contributed by atoms with E-state index in [4.69, 9.17) is 4.74 Å². The summed E-state index contributed by atoms with van der Waals surface area (Å²) in [5.74, 6) is -4.64. The van der Waals surface area contributed by atoms with Gasteiger partial charge in [-0.1, -0.05) is 0 Å². The van der Waals surface area contributed by atoms with Crippen molar-refractivity contribution >= 4 is 5.97 Å². The van der Waals surface area contributed by atoms with Crippen LogP contribution in [0.3, 0.4) is 0 Å². The number of ether oxygens (including phenoxy) is 1. The maximum atomic E-state index is 13.2. The largest absolute Gasteiger partial charge is 0.456 e. The van der Waals surface area contributed by atoms with Crippen LogP contribution in [0.15, 0.2) is 0 Å². The van der Waals surface area contributed by atoms with Crippen molar-refractivity contribution in [1.82, 2.24) is 10.2 Å². The van der Waals surface area contributed by atoms with Crippen molar-refractivity contribution in [3.8, 4) is 0 Å². The molecule has 0 aromatic rings. The summed E-state index contributed by atoms with van der Waals surface area (Å²) >= 11 is 0. The van der Waals surface area contributed by atoms with Gasteiger partial charge in [-0.25, -0.2) is 4.79 Å². The minimum absolute atomic E-state index is 0.412. The number of carbonyl (C=O) groups excluding carboxylic acids is 1. The zero-order chi connectivity index (χ0) is 13.5. The minimum Gasteiger partial charge on any atom is -0.456 e. The third kappa shape index (κ3) is 2.60. The van der Waals surface area contributed by atoms with Crippen LogP contribution in [-0.4, -0.2) is 54.6 Å². The molecule has 0 aliphatic carbocycles. The first-order chi connectivity index (χ1) is 9.06. The highest BCUT2D eigenvalue weighted by molar-refractivity contribution is 5.79. The maximum Gasteiger partial charge on any atom is 0.377 e. The molecule has 4 nitrogen and oxygen atoms in total. The molecule has 0 saturated carbocycles. The van der Waals surface area contributed by atoms with Crippen LogP contribution in [0.4, 0.5) is 8.78 Å². The molecule has 3 aliphatic rings. The summed E-state index contributed by atoms with van der Waals surface area (Å²) < 4.78 is 31.1. The number of rotatable bonds is 3. The lowest BCUT2D eigenvalue weighted by Gasteiger charge is -2.30. The van der Waals surface area contributed by atoms with E-state index in [1.165, 1.54) is 6.42 Å². The van der Waals surface area contributed by atoms with Gasteiger partial charge in [0.2, 0.25) is 0 Å². The average molecular weight is 274 g/mol. The normalized spacial score (nSPS) is 38.8. The minimum atomic E-state index is -3.29. The van der Waals surface area contributed by atoms with Crippen molar-refractivity contribution < 1.29 is 18.3 Å². The molecule has 0 bridgehead atoms. The van der Waals surface area contributed by atoms with E-state index >= 15 is 0 Å². The zero-order valence-corrected chi connectivity index (χ0v) is 10.9. The van der Waals surface area contributed by atoms with Crippen LogP contribution in [0.2, 0.25) is 0 Å². The van der Waals surface area contributed by atoms with Gasteiger partial charge in [0.15, 0.2) is 0 Å². The van der Waals surface area contributed by atoms with Gasteiger partial charge in [0, 0.05) is 18.6 Å². The number of likely N-dealkylation sites (tertiary alicyclic amines) is 1. The first-order valence-corrected chi connectivity index (χ1v) is 7.12. The van der Waals surface area contributed by atoms with E-state index in [1.54, 1.807) is 0 Å². The van der Waals surface area contributed by atoms with Crippen molar-refractivity contribution in [2.45, 2.75) is 56.2 Å². The van der Waals surface area contributed by atoms with Gasteiger partial charge in [0.1, 0.15) is 6.10 Å². The molecular weight excluding hydrogens is 254 g/mol. The van der Waals surface area contributed by atoms with E-state index in [9.17, 15) is 13.6 Å². The number of hydrogen-bond acceptors (Lipinski definition) is 4. The van der Waals surface area contributed by atoms with E-state index in [1.807, 2.05) is 0 Å². The van der Waals surface area contributed by atoms with Gasteiger partial charge in [-0.3, -0.25) is 4.90 Å². The standard InChI is InChI=1S/C13H20F2N2O2/c14-13(15)7-9(19-12(13)18)8-17-6-2-4-11(17)10-3-1-5-16-10/h9-11,16H,1-8H2. The van der Waals surface area contributed by atoms with Crippen LogP contribution in [0.5, 0.6) is 0 Å². The van der Waals surface area contributed by atoms with Crippen LogP contribution in [-0.2, 0) is 9.53 Å². The number of cyclic esters (lactones) is 1. The molecule has 0 amide bonds. The van der Waals surface area contributed by atoms with Gasteiger partial charge in [-0.2, -0.15) is 8.78 Å². The summed E-state index contributed by atoms with van der Waals surface area (Å²) in [5.41, 5.74) is 0. The lowest BCUT2D eigenvalue weighted by Crippen LogP contribution is -2.46. The Labute approximate surface area is 111 Å². The molecule has 6 heteroatoms. The van der Waals surface area contributed by atoms with E-state index in [0.717, 1.165) is 32.4 Å². The SMILES string of the molecule is O=C1OC(CN2CCCC2C2CCCN2)CC1(F)F. The summed E-state index contributed by atoms with van der Waals surface area (Å²) in [4.78, 5) is 13.2. The highest BCUT2D eigenvalue weighted by Gasteiger charge is 2.51. The smallest absolute Gasteiger partial charge is 0.377 e. The molecular formula is C13H20F2N2O2. The third-order valence-electron chi connectivity index (χ3n) is 4.47. The summed E-state index contributed by atoms with van der Waals surface area (Å²) in [6.07, 6.45) is 3.43. The number of alkyl halides is 2. The Kier molecular flexibility index (Phi) is 3.47. The molecule has 3 atom stereocenters. The van der Waals surface area contributed by atoms with Gasteiger partial charge < -0.3 is 10.1 Å². The summed E-state index contributed by atoms with van der Waals surface area (Å²) in [6.45, 7) is 2.41. The van der Waals surface area contributed by atoms with Crippen LogP contribution in [0, 0.1) is 0 Å². The van der Waals surface area contributed by atoms with Gasteiger partial charge >= 0.3 is 11.9 Å². The number of carbonyl (C=O) groups is 1. The molecule has 0 aromatic carbocycles. The molecule has 19 heavy (non-hydrogen) atoms. The molecule has 0 radical (unpaired) electrons. The van der Waals surface area contributed by atoms with Crippen molar-refractivity contribution in [2.24, 2.45) is 0 Å². The van der Waals surface area contributed by atoms with Gasteiger partial charge in [-0.15, -0.1) is 0 Å². The Hall–Kier alpha value is -0.750. The molecule has 0 aromatic heterocycles. The number of hydrogen-bond donors (Lipinski definition) is 1. The molecule has 3 fully saturated rings. The van der Waals surface area contributed by atoms with E-state index in [0.29, 0.717) is 18.6 Å². The molecule has 3 rings (SSSR count). The summed E-state index contributed by atoms with van der Waals surface area (Å²) in [6, 6.07) is 0.885. The lowest BCUT2D eigenvalue weighted by atomic mass is 10.0. The fourth-order valence-corrected chi connectivity index (χ4v) is 3.59. The van der Waals surface area contributed by atoms with Gasteiger partial charge in [0.25, 0.3) is 0 Å². The topological polar surface area (TPSA) is 41.6 Å². The molecule has 3 aliphatic heterocycles. The molecule has 3 unspecified atom stereocenters. The van der Waals surface area contributed by atoms with Crippen LogP contribution in [0.1, 0.15) is 32.1 Å². The zero-order valence-electron chi connectivity index (χ0n) is 10.9. The Morgan fingerprint density at radius 1 is 1.37 bits per heavy atom. The molecule has 3 heterocycles. The number of nitrogens with zero attached hydrogens (tertiary/aromatic N) is 1. The fraction of sp³-hybridized carbons (Fsp3) is 0.923. The number of halogens is 2. The number of esters is 1. The quantitative estimate of drug-likeness (QED) is 0.784. The third-order valence-corrected chi connectivity index (χ3v) is 4.47. The number of nitrogens with one attached hydrogen (secondary N) is 1. The first kappa shape index (κ1) is 13.2. The van der Waals surface area contributed by atoms with Crippen molar-refractivity contribution in [1.29, 1.82) is 0 Å². The van der Waals surface area contributed by atoms with Gasteiger partial charge in [0.05, 0.1) is 6.42 Å². The van der Waals surface area contributed by atoms with E-state index < -0.39 is 24.4 Å². The Morgan fingerprint density at radius 2 is 2.21 bits per heavy atom. The molecule has 3 saturated heterocycles. The summed E-state index contributed by atoms with van der Waals surface area (Å²) in [7, 11) is 0. The van der Waals surface area contributed by atoms with Crippen LogP contribution >= 0.6 is 0 Å². The highest BCUT2D eigenvalue weighted by atomic mass is 19.3. The van der Waals surface area contributed by atoms with Crippen molar-refractivity contribution in [3.63, 3.8) is 0 Å². The van der Waals surface area contributed by atoms with Crippen LogP contribution < -0.4 is 5.32 Å². The maximum absolute atomic E-state index is 13.2. The van der Waals surface area contributed by atoms with E-state index in [-0.39, 0.29) is 0 Å². The average Bonchev–Trinajstić information content (AvgIpc) is 3.00. The second-order valence-corrected chi connectivity index (χ2v) is 5.84. The van der Waals surface area contributed by atoms with Gasteiger partial charge in [-0.05, 0) is 38.8 Å². The second kappa shape index (κ2) is 4.98. The van der Waals surface area contributed by atoms with Crippen LogP contribution in [0.25, 0.3) is 0 Å². The Bertz CT molecular complexity index is 359. The predicted molar refractivity (Wildman–Crippen MR) is 65.1 cm³/mol. The molecule has 108 valence electrons. The fourth-order valence-electron chi connectivity index (χ4n) is 3.59. The van der Waals surface area contributed by atoms with E-state index in [2.05, 4.69) is 10.2 Å². The monoisotopic (exact) mass is 274 g/mol. The highest BCUT2D eigenvalue weighted by Crippen LogP contribution is 2.33. The Morgan fingerprint density at radius 3 is 2.84 bits per heavy atom.